The first-order valence-corrected chi connectivity index (χ1v) is 5.38. The summed E-state index contributed by atoms with van der Waals surface area (Å²) in [6.45, 7) is 0. The number of carbonyl (C=O) groups is 1. The van der Waals surface area contributed by atoms with Gasteiger partial charge < -0.3 is 15.2 Å². The van der Waals surface area contributed by atoms with Crippen molar-refractivity contribution < 1.29 is 17.4 Å². The fourth-order valence-electron chi connectivity index (χ4n) is 0.824. The van der Waals surface area contributed by atoms with Crippen LogP contribution < -0.4 is 11.1 Å². The van der Waals surface area contributed by atoms with Crippen LogP contribution in [0.5, 0.6) is 0 Å². The molecular formula is C8H10N2O4S. The summed E-state index contributed by atoms with van der Waals surface area (Å²) >= 11 is 0. The van der Waals surface area contributed by atoms with Gasteiger partial charge in [-0.05, 0) is 24.3 Å². The summed E-state index contributed by atoms with van der Waals surface area (Å²) in [4.78, 5) is 10.6. The fourth-order valence-corrected chi connectivity index (χ4v) is 1.67. The van der Waals surface area contributed by atoms with Crippen LogP contribution in [0.3, 0.4) is 0 Å². The number of benzene rings is 1. The maximum atomic E-state index is 11.4. The molecule has 0 saturated heterocycles. The van der Waals surface area contributed by atoms with Gasteiger partial charge in [0.1, 0.15) is 4.90 Å². The summed E-state index contributed by atoms with van der Waals surface area (Å²) in [6.07, 6.45) is -1.04. The molecule has 0 aliphatic heterocycles. The van der Waals surface area contributed by atoms with Gasteiger partial charge in [0, 0.05) is 12.7 Å². The summed E-state index contributed by atoms with van der Waals surface area (Å²) in [5.41, 5.74) is 5.81. The van der Waals surface area contributed by atoms with Crippen molar-refractivity contribution in [3.8, 4) is 0 Å². The first-order chi connectivity index (χ1) is 6.95. The number of amides is 1. The molecule has 3 N–H and O–H groups in total. The Labute approximate surface area is 87.2 Å². The molecule has 0 aliphatic rings. The Morgan fingerprint density at radius 1 is 1.33 bits per heavy atom. The SMILES string of the molecule is CNC(=O)OS(=O)(=O)c1ccc(N)cc1. The largest absolute Gasteiger partial charge is 0.422 e. The van der Waals surface area contributed by atoms with Crippen molar-refractivity contribution >= 4 is 21.9 Å². The van der Waals surface area contributed by atoms with Crippen molar-refractivity contribution in [3.05, 3.63) is 24.3 Å². The molecule has 6 nitrogen and oxygen atoms in total. The minimum absolute atomic E-state index is 0.125. The zero-order valence-corrected chi connectivity index (χ0v) is 8.74. The first-order valence-electron chi connectivity index (χ1n) is 3.97. The molecule has 1 aromatic carbocycles. The van der Waals surface area contributed by atoms with Crippen LogP contribution in [0.1, 0.15) is 0 Å². The van der Waals surface area contributed by atoms with E-state index in [0.29, 0.717) is 5.69 Å². The Kier molecular flexibility index (Phi) is 3.15. The second kappa shape index (κ2) is 4.18. The molecule has 7 heteroatoms. The molecule has 1 aromatic rings. The van der Waals surface area contributed by atoms with Gasteiger partial charge in [-0.3, -0.25) is 0 Å². The molecule has 1 amide bonds. The lowest BCUT2D eigenvalue weighted by molar-refractivity contribution is 0.205. The molecule has 0 radical (unpaired) electrons. The van der Waals surface area contributed by atoms with Crippen LogP contribution >= 0.6 is 0 Å². The highest BCUT2D eigenvalue weighted by Gasteiger charge is 2.18. The van der Waals surface area contributed by atoms with E-state index in [1.807, 2.05) is 5.32 Å². The monoisotopic (exact) mass is 230 g/mol. The lowest BCUT2D eigenvalue weighted by Crippen LogP contribution is -2.23. The minimum Gasteiger partial charge on any atom is -0.399 e. The molecule has 82 valence electrons. The highest BCUT2D eigenvalue weighted by Crippen LogP contribution is 2.14. The Balaban J connectivity index is 2.96. The summed E-state index contributed by atoms with van der Waals surface area (Å²) in [7, 11) is -2.79. The van der Waals surface area contributed by atoms with Crippen LogP contribution in [0, 0.1) is 0 Å². The molecule has 0 spiro atoms. The second-order valence-corrected chi connectivity index (χ2v) is 4.19. The van der Waals surface area contributed by atoms with Gasteiger partial charge >= 0.3 is 16.2 Å². The normalized spacial score (nSPS) is 10.7. The number of nitrogen functional groups attached to an aromatic ring is 1. The van der Waals surface area contributed by atoms with Gasteiger partial charge in [0.25, 0.3) is 0 Å². The predicted molar refractivity (Wildman–Crippen MR) is 53.6 cm³/mol. The van der Waals surface area contributed by atoms with Crippen LogP contribution in [-0.2, 0) is 14.3 Å². The van der Waals surface area contributed by atoms with Crippen molar-refractivity contribution in [1.82, 2.24) is 5.32 Å². The van der Waals surface area contributed by atoms with Crippen LogP contribution in [0.2, 0.25) is 0 Å². The van der Waals surface area contributed by atoms with Crippen LogP contribution in [0.4, 0.5) is 10.5 Å². The van der Waals surface area contributed by atoms with E-state index < -0.39 is 16.2 Å². The molecule has 0 heterocycles. The zero-order valence-electron chi connectivity index (χ0n) is 7.93. The molecule has 0 aliphatic carbocycles. The van der Waals surface area contributed by atoms with E-state index in [2.05, 4.69) is 4.18 Å². The van der Waals surface area contributed by atoms with Gasteiger partial charge in [0.05, 0.1) is 0 Å². The molecule has 0 fully saturated rings. The number of rotatable bonds is 2. The van der Waals surface area contributed by atoms with Crippen LogP contribution in [-0.4, -0.2) is 21.6 Å². The lowest BCUT2D eigenvalue weighted by Gasteiger charge is -2.04. The average Bonchev–Trinajstić information content (AvgIpc) is 2.17. The van der Waals surface area contributed by atoms with Crippen molar-refractivity contribution in [2.24, 2.45) is 0 Å². The van der Waals surface area contributed by atoms with E-state index in [9.17, 15) is 13.2 Å². The minimum atomic E-state index is -4.06. The number of nitrogens with two attached hydrogens (primary N) is 1. The average molecular weight is 230 g/mol. The molecule has 1 rings (SSSR count). The van der Waals surface area contributed by atoms with E-state index >= 15 is 0 Å². The molecule has 0 atom stereocenters. The van der Waals surface area contributed by atoms with Crippen molar-refractivity contribution in [3.63, 3.8) is 0 Å². The number of nitrogens with one attached hydrogen (secondary N) is 1. The smallest absolute Gasteiger partial charge is 0.399 e. The Morgan fingerprint density at radius 2 is 1.87 bits per heavy atom. The molecule has 0 aromatic heterocycles. The van der Waals surface area contributed by atoms with E-state index in [1.165, 1.54) is 31.3 Å². The third kappa shape index (κ3) is 2.84. The summed E-state index contributed by atoms with van der Waals surface area (Å²) in [5, 5.41) is 2.04. The molecule has 15 heavy (non-hydrogen) atoms. The predicted octanol–water partition coefficient (Wildman–Crippen LogP) is 0.313. The number of carbonyl (C=O) groups excluding carboxylic acids is 1. The van der Waals surface area contributed by atoms with Gasteiger partial charge in [-0.1, -0.05) is 0 Å². The van der Waals surface area contributed by atoms with Crippen molar-refractivity contribution in [1.29, 1.82) is 0 Å². The summed E-state index contributed by atoms with van der Waals surface area (Å²) in [6, 6.07) is 5.32. The lowest BCUT2D eigenvalue weighted by atomic mass is 10.3. The summed E-state index contributed by atoms with van der Waals surface area (Å²) in [5.74, 6) is 0. The molecule has 0 saturated carbocycles. The Morgan fingerprint density at radius 3 is 2.33 bits per heavy atom. The first kappa shape index (κ1) is 11.3. The van der Waals surface area contributed by atoms with Crippen LogP contribution in [0.15, 0.2) is 29.2 Å². The molecule has 0 bridgehead atoms. The quantitative estimate of drug-likeness (QED) is 0.563. The van der Waals surface area contributed by atoms with E-state index in [0.717, 1.165) is 0 Å². The molecule has 0 unspecified atom stereocenters. The number of hydrogen-bond donors (Lipinski definition) is 2. The van der Waals surface area contributed by atoms with E-state index in [4.69, 9.17) is 5.73 Å². The third-order valence-corrected chi connectivity index (χ3v) is 2.78. The van der Waals surface area contributed by atoms with Crippen LogP contribution in [0.25, 0.3) is 0 Å². The second-order valence-electron chi connectivity index (χ2n) is 2.64. The topological polar surface area (TPSA) is 98.5 Å². The van der Waals surface area contributed by atoms with Gasteiger partial charge in [-0.2, -0.15) is 8.42 Å². The van der Waals surface area contributed by atoms with Gasteiger partial charge in [-0.25, -0.2) is 4.79 Å². The van der Waals surface area contributed by atoms with Gasteiger partial charge in [-0.15, -0.1) is 0 Å². The Hall–Kier alpha value is -1.76. The van der Waals surface area contributed by atoms with E-state index in [1.54, 1.807) is 0 Å². The molecular weight excluding hydrogens is 220 g/mol. The van der Waals surface area contributed by atoms with Crippen molar-refractivity contribution in [2.75, 3.05) is 12.8 Å². The maximum Gasteiger partial charge on any atom is 0.422 e. The highest BCUT2D eigenvalue weighted by atomic mass is 32.2. The van der Waals surface area contributed by atoms with E-state index in [-0.39, 0.29) is 4.90 Å². The maximum absolute atomic E-state index is 11.4. The fraction of sp³-hybridized carbons (Fsp3) is 0.125. The number of anilines is 1. The zero-order chi connectivity index (χ0) is 11.5. The summed E-state index contributed by atoms with van der Waals surface area (Å²) < 4.78 is 27.0. The Bertz CT molecular complexity index is 452. The third-order valence-electron chi connectivity index (χ3n) is 1.56. The number of hydrogen-bond acceptors (Lipinski definition) is 5. The standard InChI is InChI=1S/C8H10N2O4S/c1-10-8(11)14-15(12,13)7-4-2-6(9)3-5-7/h2-5H,9H2,1H3,(H,10,11). The highest BCUT2D eigenvalue weighted by molar-refractivity contribution is 7.87. The van der Waals surface area contributed by atoms with Gasteiger partial charge in [0.2, 0.25) is 0 Å². The van der Waals surface area contributed by atoms with Gasteiger partial charge in [0.15, 0.2) is 0 Å². The van der Waals surface area contributed by atoms with Crippen molar-refractivity contribution in [2.45, 2.75) is 4.90 Å².